The largest absolute Gasteiger partial charge is 0.464 e. The highest BCUT2D eigenvalue weighted by atomic mass is 16.6. The molecular formula is C24H47NO4. The SMILES string of the molecule is CCCCCCCCCCCCCCOC(=O)CN(CC)C(=O)OCC(C)(C)C. The van der Waals surface area contributed by atoms with E-state index in [9.17, 15) is 9.59 Å². The first-order valence-electron chi connectivity index (χ1n) is 11.9. The van der Waals surface area contributed by atoms with Crippen molar-refractivity contribution < 1.29 is 19.1 Å². The van der Waals surface area contributed by atoms with Gasteiger partial charge in [0.05, 0.1) is 13.2 Å². The van der Waals surface area contributed by atoms with Crippen LogP contribution >= 0.6 is 0 Å². The van der Waals surface area contributed by atoms with Crippen LogP contribution in [0.5, 0.6) is 0 Å². The van der Waals surface area contributed by atoms with Crippen molar-refractivity contribution in [1.29, 1.82) is 0 Å². The minimum atomic E-state index is -0.454. The normalized spacial score (nSPS) is 11.3. The van der Waals surface area contributed by atoms with Crippen molar-refractivity contribution >= 4 is 12.1 Å². The van der Waals surface area contributed by atoms with Crippen LogP contribution in [-0.4, -0.2) is 43.3 Å². The lowest BCUT2D eigenvalue weighted by Crippen LogP contribution is -2.38. The zero-order valence-electron chi connectivity index (χ0n) is 19.9. The maximum Gasteiger partial charge on any atom is 0.410 e. The van der Waals surface area contributed by atoms with E-state index >= 15 is 0 Å². The fraction of sp³-hybridized carbons (Fsp3) is 0.917. The quantitative estimate of drug-likeness (QED) is 0.196. The summed E-state index contributed by atoms with van der Waals surface area (Å²) >= 11 is 0. The summed E-state index contributed by atoms with van der Waals surface area (Å²) in [5.74, 6) is -0.359. The lowest BCUT2D eigenvalue weighted by Gasteiger charge is -2.23. The lowest BCUT2D eigenvalue weighted by atomic mass is 9.99. The second-order valence-electron chi connectivity index (χ2n) is 9.24. The number of hydrogen-bond acceptors (Lipinski definition) is 4. The number of rotatable bonds is 17. The Labute approximate surface area is 179 Å². The number of ether oxygens (including phenoxy) is 2. The molecule has 5 nitrogen and oxygen atoms in total. The number of carbonyl (C=O) groups excluding carboxylic acids is 2. The molecule has 0 aliphatic rings. The van der Waals surface area contributed by atoms with Crippen LogP contribution < -0.4 is 0 Å². The number of carbonyl (C=O) groups is 2. The summed E-state index contributed by atoms with van der Waals surface area (Å²) in [6.45, 7) is 11.2. The highest BCUT2D eigenvalue weighted by molar-refractivity contribution is 5.78. The Morgan fingerprint density at radius 1 is 0.724 bits per heavy atom. The van der Waals surface area contributed by atoms with E-state index in [1.807, 2.05) is 27.7 Å². The van der Waals surface area contributed by atoms with Crippen molar-refractivity contribution in [3.63, 3.8) is 0 Å². The second kappa shape index (κ2) is 17.6. The molecule has 0 spiro atoms. The fourth-order valence-corrected chi connectivity index (χ4v) is 3.01. The fourth-order valence-electron chi connectivity index (χ4n) is 3.01. The molecule has 0 aliphatic carbocycles. The number of esters is 1. The van der Waals surface area contributed by atoms with E-state index in [-0.39, 0.29) is 17.9 Å². The van der Waals surface area contributed by atoms with Gasteiger partial charge in [0.15, 0.2) is 0 Å². The molecule has 29 heavy (non-hydrogen) atoms. The topological polar surface area (TPSA) is 55.8 Å². The van der Waals surface area contributed by atoms with Gasteiger partial charge in [-0.05, 0) is 18.8 Å². The third-order valence-electron chi connectivity index (χ3n) is 4.85. The molecule has 0 rings (SSSR count). The molecule has 0 saturated heterocycles. The zero-order valence-corrected chi connectivity index (χ0v) is 19.9. The van der Waals surface area contributed by atoms with Gasteiger partial charge in [-0.3, -0.25) is 9.69 Å². The Bertz CT molecular complexity index is 418. The van der Waals surface area contributed by atoms with E-state index in [1.54, 1.807) is 0 Å². The molecule has 0 aromatic heterocycles. The van der Waals surface area contributed by atoms with Crippen LogP contribution in [0.2, 0.25) is 0 Å². The summed E-state index contributed by atoms with van der Waals surface area (Å²) in [6, 6.07) is 0. The van der Waals surface area contributed by atoms with Crippen LogP contribution in [0.3, 0.4) is 0 Å². The zero-order chi connectivity index (χ0) is 22.0. The maximum atomic E-state index is 12.0. The highest BCUT2D eigenvalue weighted by Crippen LogP contribution is 2.14. The molecule has 0 aliphatic heterocycles. The van der Waals surface area contributed by atoms with Gasteiger partial charge in [-0.15, -0.1) is 0 Å². The monoisotopic (exact) mass is 413 g/mol. The van der Waals surface area contributed by atoms with Gasteiger partial charge in [0, 0.05) is 6.54 Å². The predicted molar refractivity (Wildman–Crippen MR) is 120 cm³/mol. The molecule has 1 amide bonds. The lowest BCUT2D eigenvalue weighted by molar-refractivity contribution is -0.144. The number of hydrogen-bond donors (Lipinski definition) is 0. The van der Waals surface area contributed by atoms with E-state index in [1.165, 1.54) is 69.1 Å². The highest BCUT2D eigenvalue weighted by Gasteiger charge is 2.20. The van der Waals surface area contributed by atoms with Gasteiger partial charge in [0.2, 0.25) is 0 Å². The number of nitrogens with zero attached hydrogens (tertiary/aromatic N) is 1. The Hall–Kier alpha value is -1.26. The molecule has 5 heteroatoms. The van der Waals surface area contributed by atoms with E-state index in [0.717, 1.165) is 12.8 Å². The van der Waals surface area contributed by atoms with Crippen molar-refractivity contribution in [1.82, 2.24) is 4.90 Å². The van der Waals surface area contributed by atoms with Crippen molar-refractivity contribution in [2.45, 2.75) is 112 Å². The number of unbranched alkanes of at least 4 members (excludes halogenated alkanes) is 11. The van der Waals surface area contributed by atoms with Gasteiger partial charge in [0.1, 0.15) is 6.54 Å². The third-order valence-corrected chi connectivity index (χ3v) is 4.85. The van der Waals surface area contributed by atoms with Crippen LogP contribution in [0.15, 0.2) is 0 Å². The van der Waals surface area contributed by atoms with Crippen molar-refractivity contribution in [2.75, 3.05) is 26.3 Å². The van der Waals surface area contributed by atoms with Crippen molar-refractivity contribution in [3.05, 3.63) is 0 Å². The maximum absolute atomic E-state index is 12.0. The average Bonchev–Trinajstić information content (AvgIpc) is 2.67. The summed E-state index contributed by atoms with van der Waals surface area (Å²) in [4.78, 5) is 25.4. The Morgan fingerprint density at radius 2 is 1.21 bits per heavy atom. The third kappa shape index (κ3) is 18.5. The summed E-state index contributed by atoms with van der Waals surface area (Å²) in [5, 5.41) is 0. The molecule has 0 aromatic rings. The summed E-state index contributed by atoms with van der Waals surface area (Å²) in [5.41, 5.74) is -0.0930. The first-order chi connectivity index (χ1) is 13.8. The predicted octanol–water partition coefficient (Wildman–Crippen LogP) is 6.74. The minimum absolute atomic E-state index is 0.0439. The van der Waals surface area contributed by atoms with E-state index in [2.05, 4.69) is 6.92 Å². The summed E-state index contributed by atoms with van der Waals surface area (Å²) in [7, 11) is 0. The molecule has 0 saturated carbocycles. The molecule has 172 valence electrons. The second-order valence-corrected chi connectivity index (χ2v) is 9.24. The summed E-state index contributed by atoms with van der Waals surface area (Å²) in [6.07, 6.45) is 14.9. The van der Waals surface area contributed by atoms with E-state index in [0.29, 0.717) is 19.8 Å². The van der Waals surface area contributed by atoms with E-state index < -0.39 is 6.09 Å². The molecule has 0 heterocycles. The Balaban J connectivity index is 3.62. The van der Waals surface area contributed by atoms with Crippen molar-refractivity contribution in [3.8, 4) is 0 Å². The molecular weight excluding hydrogens is 366 g/mol. The van der Waals surface area contributed by atoms with Gasteiger partial charge in [-0.25, -0.2) is 4.79 Å². The average molecular weight is 414 g/mol. The molecule has 0 unspecified atom stereocenters. The minimum Gasteiger partial charge on any atom is -0.464 e. The molecule has 0 aromatic carbocycles. The standard InChI is InChI=1S/C24H47NO4/c1-6-8-9-10-11-12-13-14-15-16-17-18-19-28-22(26)20-25(7-2)23(27)29-21-24(3,4)5/h6-21H2,1-5H3. The van der Waals surface area contributed by atoms with Gasteiger partial charge >= 0.3 is 12.1 Å². The van der Waals surface area contributed by atoms with Crippen LogP contribution in [0.1, 0.15) is 112 Å². The Kier molecular flexibility index (Phi) is 16.8. The first kappa shape index (κ1) is 27.7. The Morgan fingerprint density at radius 3 is 1.66 bits per heavy atom. The van der Waals surface area contributed by atoms with Crippen LogP contribution in [0.25, 0.3) is 0 Å². The number of amides is 1. The molecule has 0 fully saturated rings. The molecule has 0 radical (unpaired) electrons. The number of likely N-dealkylation sites (N-methyl/N-ethyl adjacent to an activating group) is 1. The molecule has 0 atom stereocenters. The van der Waals surface area contributed by atoms with Gasteiger partial charge in [0.25, 0.3) is 0 Å². The molecule has 0 bridgehead atoms. The van der Waals surface area contributed by atoms with Gasteiger partial charge < -0.3 is 9.47 Å². The first-order valence-corrected chi connectivity index (χ1v) is 11.9. The van der Waals surface area contributed by atoms with Crippen molar-refractivity contribution in [2.24, 2.45) is 5.41 Å². The van der Waals surface area contributed by atoms with Crippen LogP contribution in [-0.2, 0) is 14.3 Å². The van der Waals surface area contributed by atoms with Gasteiger partial charge in [-0.1, -0.05) is 98.3 Å². The smallest absolute Gasteiger partial charge is 0.410 e. The van der Waals surface area contributed by atoms with Gasteiger partial charge in [-0.2, -0.15) is 0 Å². The van der Waals surface area contributed by atoms with Crippen LogP contribution in [0, 0.1) is 5.41 Å². The van der Waals surface area contributed by atoms with Crippen LogP contribution in [0.4, 0.5) is 4.79 Å². The molecule has 0 N–H and O–H groups in total. The summed E-state index contributed by atoms with van der Waals surface area (Å²) < 4.78 is 10.5. The van der Waals surface area contributed by atoms with E-state index in [4.69, 9.17) is 9.47 Å².